The summed E-state index contributed by atoms with van der Waals surface area (Å²) in [4.78, 5) is 0. The number of nitrogens with zero attached hydrogens (tertiary/aromatic N) is 1. The number of benzene rings is 2. The molecule has 0 aromatic heterocycles. The van der Waals surface area contributed by atoms with Crippen LogP contribution >= 0.6 is 11.6 Å². The van der Waals surface area contributed by atoms with E-state index >= 15 is 0 Å². The van der Waals surface area contributed by atoms with Gasteiger partial charge in [0.1, 0.15) is 12.4 Å². The van der Waals surface area contributed by atoms with Crippen molar-refractivity contribution in [3.05, 3.63) is 54.6 Å². The molecule has 0 fully saturated rings. The molecule has 18 heavy (non-hydrogen) atoms. The van der Waals surface area contributed by atoms with E-state index in [2.05, 4.69) is 0 Å². The molecule has 0 N–H and O–H groups in total. The summed E-state index contributed by atoms with van der Waals surface area (Å²) in [5.41, 5.74) is 2.08. The molecule has 0 heterocycles. The summed E-state index contributed by atoms with van der Waals surface area (Å²) in [6.07, 6.45) is 0. The zero-order chi connectivity index (χ0) is 12.8. The summed E-state index contributed by atoms with van der Waals surface area (Å²) in [7, 11) is 0. The molecule has 90 valence electrons. The normalized spacial score (nSPS) is 11.6. The number of hydrogen-bond acceptors (Lipinski definition) is 2. The van der Waals surface area contributed by atoms with Gasteiger partial charge < -0.3 is 4.74 Å². The summed E-state index contributed by atoms with van der Waals surface area (Å²) >= 11 is 5.73. The maximum Gasteiger partial charge on any atom is 0.154 e. The fourth-order valence-electron chi connectivity index (χ4n) is 1.65. The minimum atomic E-state index is -0.631. The molecule has 2 aromatic rings. The van der Waals surface area contributed by atoms with Crippen molar-refractivity contribution in [3.63, 3.8) is 0 Å². The molecule has 2 aromatic carbocycles. The zero-order valence-electron chi connectivity index (χ0n) is 9.71. The molecular formula is C15H12ClNO. The highest BCUT2D eigenvalue weighted by Gasteiger charge is 2.08. The van der Waals surface area contributed by atoms with Gasteiger partial charge in [0.15, 0.2) is 5.38 Å². The lowest BCUT2D eigenvalue weighted by Crippen LogP contribution is -2.09. The Hall–Kier alpha value is -1.98. The topological polar surface area (TPSA) is 33.0 Å². The van der Waals surface area contributed by atoms with E-state index in [9.17, 15) is 0 Å². The molecule has 1 unspecified atom stereocenters. The summed E-state index contributed by atoms with van der Waals surface area (Å²) in [6.45, 7) is 0.182. The van der Waals surface area contributed by atoms with E-state index in [1.807, 2.05) is 60.7 Å². The number of halogens is 1. The van der Waals surface area contributed by atoms with Crippen LogP contribution in [0.2, 0.25) is 0 Å². The lowest BCUT2D eigenvalue weighted by Gasteiger charge is -2.11. The van der Waals surface area contributed by atoms with E-state index in [4.69, 9.17) is 21.6 Å². The predicted octanol–water partition coefficient (Wildman–Crippen LogP) is 3.86. The third kappa shape index (κ3) is 3.03. The van der Waals surface area contributed by atoms with Crippen molar-refractivity contribution >= 4 is 11.6 Å². The lowest BCUT2D eigenvalue weighted by molar-refractivity contribution is 0.330. The first-order chi connectivity index (χ1) is 8.81. The quantitative estimate of drug-likeness (QED) is 0.779. The molecule has 0 saturated carbocycles. The number of alkyl halides is 1. The first-order valence-corrected chi connectivity index (χ1v) is 6.06. The number of para-hydroxylation sites is 1. The van der Waals surface area contributed by atoms with Crippen LogP contribution in [0.15, 0.2) is 54.6 Å². The molecular weight excluding hydrogens is 246 g/mol. The Balaban J connectivity index is 2.24. The van der Waals surface area contributed by atoms with Gasteiger partial charge in [-0.1, -0.05) is 48.5 Å². The van der Waals surface area contributed by atoms with Gasteiger partial charge in [-0.25, -0.2) is 0 Å². The van der Waals surface area contributed by atoms with Crippen LogP contribution in [-0.2, 0) is 0 Å². The first kappa shape index (κ1) is 12.5. The smallest absolute Gasteiger partial charge is 0.154 e. The monoisotopic (exact) mass is 257 g/mol. The minimum absolute atomic E-state index is 0.182. The third-order valence-electron chi connectivity index (χ3n) is 2.50. The average molecular weight is 258 g/mol. The second kappa shape index (κ2) is 6.09. The van der Waals surface area contributed by atoms with Crippen LogP contribution in [0, 0.1) is 11.3 Å². The van der Waals surface area contributed by atoms with Crippen molar-refractivity contribution in [1.82, 2.24) is 0 Å². The Morgan fingerprint density at radius 1 is 1.06 bits per heavy atom. The molecule has 0 spiro atoms. The van der Waals surface area contributed by atoms with Crippen LogP contribution in [-0.4, -0.2) is 12.0 Å². The van der Waals surface area contributed by atoms with Gasteiger partial charge in [-0.05, 0) is 11.6 Å². The highest BCUT2D eigenvalue weighted by Crippen LogP contribution is 2.29. The van der Waals surface area contributed by atoms with E-state index in [1.165, 1.54) is 0 Å². The van der Waals surface area contributed by atoms with Gasteiger partial charge in [0, 0.05) is 5.56 Å². The average Bonchev–Trinajstić information content (AvgIpc) is 2.46. The second-order valence-corrected chi connectivity index (χ2v) is 4.30. The van der Waals surface area contributed by atoms with E-state index in [-0.39, 0.29) is 6.61 Å². The Bertz CT molecular complexity index is 548. The van der Waals surface area contributed by atoms with Gasteiger partial charge in [0.25, 0.3) is 0 Å². The van der Waals surface area contributed by atoms with Crippen LogP contribution in [0.25, 0.3) is 11.1 Å². The van der Waals surface area contributed by atoms with Gasteiger partial charge >= 0.3 is 0 Å². The maximum absolute atomic E-state index is 8.64. The number of ether oxygens (including phenoxy) is 1. The fraction of sp³-hybridized carbons (Fsp3) is 0.133. The van der Waals surface area contributed by atoms with Gasteiger partial charge in [0.2, 0.25) is 0 Å². The van der Waals surface area contributed by atoms with E-state index in [0.29, 0.717) is 0 Å². The van der Waals surface area contributed by atoms with Gasteiger partial charge in [-0.3, -0.25) is 0 Å². The van der Waals surface area contributed by atoms with Crippen molar-refractivity contribution in [3.8, 4) is 22.9 Å². The van der Waals surface area contributed by atoms with Crippen molar-refractivity contribution in [2.75, 3.05) is 6.61 Å². The number of nitriles is 1. The molecule has 2 nitrogen and oxygen atoms in total. The summed E-state index contributed by atoms with van der Waals surface area (Å²) in [5.74, 6) is 0.740. The first-order valence-electron chi connectivity index (χ1n) is 5.62. The Kier molecular flexibility index (Phi) is 4.22. The summed E-state index contributed by atoms with van der Waals surface area (Å²) in [5, 5.41) is 8.01. The molecule has 0 radical (unpaired) electrons. The SMILES string of the molecule is N#CC(Cl)COc1ccccc1-c1ccccc1. The molecule has 1 atom stereocenters. The lowest BCUT2D eigenvalue weighted by atomic mass is 10.1. The summed E-state index contributed by atoms with van der Waals surface area (Å²) in [6, 6.07) is 19.6. The van der Waals surface area contributed by atoms with Gasteiger partial charge in [-0.2, -0.15) is 5.26 Å². The molecule has 0 amide bonds. The van der Waals surface area contributed by atoms with Crippen molar-refractivity contribution < 1.29 is 4.74 Å². The molecule has 0 aliphatic heterocycles. The highest BCUT2D eigenvalue weighted by atomic mass is 35.5. The molecule has 3 heteroatoms. The minimum Gasteiger partial charge on any atom is -0.490 e. The van der Waals surface area contributed by atoms with E-state index in [1.54, 1.807) is 0 Å². The largest absolute Gasteiger partial charge is 0.490 e. The maximum atomic E-state index is 8.64. The van der Waals surface area contributed by atoms with Crippen LogP contribution in [0.1, 0.15) is 0 Å². The standard InChI is InChI=1S/C15H12ClNO/c16-13(10-17)11-18-15-9-5-4-8-14(15)12-6-2-1-3-7-12/h1-9,13H,11H2. The highest BCUT2D eigenvalue weighted by molar-refractivity contribution is 6.22. The van der Waals surface area contributed by atoms with Gasteiger partial charge in [-0.15, -0.1) is 11.6 Å². The van der Waals surface area contributed by atoms with Gasteiger partial charge in [0.05, 0.1) is 6.07 Å². The summed E-state index contributed by atoms with van der Waals surface area (Å²) < 4.78 is 5.59. The third-order valence-corrected chi connectivity index (χ3v) is 2.72. The Morgan fingerprint density at radius 3 is 2.44 bits per heavy atom. The van der Waals surface area contributed by atoms with Crippen LogP contribution < -0.4 is 4.74 Å². The van der Waals surface area contributed by atoms with Crippen molar-refractivity contribution in [2.24, 2.45) is 0 Å². The van der Waals surface area contributed by atoms with Crippen LogP contribution in [0.4, 0.5) is 0 Å². The van der Waals surface area contributed by atoms with Crippen LogP contribution in [0.3, 0.4) is 0 Å². The predicted molar refractivity (Wildman–Crippen MR) is 72.6 cm³/mol. The van der Waals surface area contributed by atoms with E-state index < -0.39 is 5.38 Å². The number of hydrogen-bond donors (Lipinski definition) is 0. The fourth-order valence-corrected chi connectivity index (χ4v) is 1.71. The Labute approximate surface area is 111 Å². The molecule has 0 saturated heterocycles. The Morgan fingerprint density at radius 2 is 1.72 bits per heavy atom. The van der Waals surface area contributed by atoms with E-state index in [0.717, 1.165) is 16.9 Å². The van der Waals surface area contributed by atoms with Crippen molar-refractivity contribution in [2.45, 2.75) is 5.38 Å². The number of rotatable bonds is 4. The zero-order valence-corrected chi connectivity index (χ0v) is 10.5. The van der Waals surface area contributed by atoms with Crippen molar-refractivity contribution in [1.29, 1.82) is 5.26 Å². The van der Waals surface area contributed by atoms with Crippen LogP contribution in [0.5, 0.6) is 5.75 Å². The molecule has 0 aliphatic carbocycles. The molecule has 0 aliphatic rings. The molecule has 2 rings (SSSR count). The molecule has 0 bridgehead atoms. The second-order valence-electron chi connectivity index (χ2n) is 3.77.